The van der Waals surface area contributed by atoms with Crippen LogP contribution in [0.25, 0.3) is 21.5 Å². The largest absolute Gasteiger partial charge is 0.505 e. The zero-order chi connectivity index (χ0) is 48.5. The highest BCUT2D eigenvalue weighted by atomic mass is 35.5. The smallest absolute Gasteiger partial charge is 0.322 e. The molecule has 5 aromatic carbocycles. The van der Waals surface area contributed by atoms with Crippen molar-refractivity contribution in [3.05, 3.63) is 77.9 Å². The van der Waals surface area contributed by atoms with Gasteiger partial charge in [0, 0.05) is 16.5 Å². The molecular weight excluding hydrogens is 998 g/mol. The summed E-state index contributed by atoms with van der Waals surface area (Å²) in [6.07, 6.45) is 1.45. The second-order valence-electron chi connectivity index (χ2n) is 13.1. The van der Waals surface area contributed by atoms with E-state index in [1.165, 1.54) is 18.2 Å². The third kappa shape index (κ3) is 11.0. The van der Waals surface area contributed by atoms with E-state index in [9.17, 15) is 61.2 Å². The summed E-state index contributed by atoms with van der Waals surface area (Å²) in [5.74, 6) is -1.48. The molecule has 0 bridgehead atoms. The van der Waals surface area contributed by atoms with E-state index in [-0.39, 0.29) is 46.1 Å². The normalized spacial score (nSPS) is 13.1. The number of phenols is 1. The first-order valence-corrected chi connectivity index (χ1v) is 25.2. The highest BCUT2D eigenvalue weighted by molar-refractivity contribution is 7.87. The van der Waals surface area contributed by atoms with Crippen LogP contribution >= 0.6 is 11.6 Å². The maximum Gasteiger partial charge on any atom is 0.322 e. The number of nitrogen functional groups attached to an aromatic ring is 1. The van der Waals surface area contributed by atoms with Crippen molar-refractivity contribution >= 4 is 125 Å². The van der Waals surface area contributed by atoms with Gasteiger partial charge in [-0.15, -0.1) is 20.5 Å². The predicted octanol–water partition coefficient (Wildman–Crippen LogP) is 7.05. The summed E-state index contributed by atoms with van der Waals surface area (Å²) in [5, 5.41) is 28.4. The minimum absolute atomic E-state index is 0.00225. The Morgan fingerprint density at radius 3 is 2.03 bits per heavy atom. The molecule has 1 aromatic heterocycles. The first-order chi connectivity index (χ1) is 30.8. The van der Waals surface area contributed by atoms with E-state index < -0.39 is 116 Å². The molecule has 0 spiro atoms. The number of hydrogen-bond acceptors (Lipinski definition) is 21. The minimum Gasteiger partial charge on any atom is -0.505 e. The molecule has 1 unspecified atom stereocenters. The highest BCUT2D eigenvalue weighted by Crippen LogP contribution is 2.49. The van der Waals surface area contributed by atoms with Gasteiger partial charge in [0.15, 0.2) is 5.75 Å². The number of azo groups is 2. The number of fused-ring (bicyclic) bond motifs is 2. The fourth-order valence-corrected chi connectivity index (χ4v) is 9.17. The number of phenolic OH excluding ortho intramolecular Hbond substituents is 1. The van der Waals surface area contributed by atoms with E-state index in [2.05, 4.69) is 47.3 Å². The molecule has 31 heteroatoms. The van der Waals surface area contributed by atoms with Crippen LogP contribution in [0.4, 0.5) is 40.1 Å². The van der Waals surface area contributed by atoms with Gasteiger partial charge < -0.3 is 25.1 Å². The molecule has 6 aromatic rings. The molecule has 348 valence electrons. The van der Waals surface area contributed by atoms with E-state index in [4.69, 9.17) is 26.3 Å². The zero-order valence-electron chi connectivity index (χ0n) is 33.0. The number of benzene rings is 5. The van der Waals surface area contributed by atoms with Gasteiger partial charge in [0.05, 0.1) is 17.7 Å². The summed E-state index contributed by atoms with van der Waals surface area (Å²) >= 11 is 4.04. The van der Waals surface area contributed by atoms with Gasteiger partial charge in [0.1, 0.15) is 48.1 Å². The highest BCUT2D eigenvalue weighted by Gasteiger charge is 2.29. The van der Waals surface area contributed by atoms with E-state index >= 15 is 0 Å². The fraction of sp³-hybridized carbons (Fsp3) is 0.114. The summed E-state index contributed by atoms with van der Waals surface area (Å²) in [6, 6.07) is 9.69. The molecule has 8 N–H and O–H groups in total. The monoisotopic (exact) mass is 1030 g/mol. The van der Waals surface area contributed by atoms with Crippen molar-refractivity contribution in [2.75, 3.05) is 17.7 Å². The number of aromatic nitrogens is 3. The summed E-state index contributed by atoms with van der Waals surface area (Å²) in [7, 11) is -21.2. The zero-order valence-corrected chi connectivity index (χ0v) is 37.9. The Hall–Kier alpha value is -6.35. The molecule has 0 aliphatic carbocycles. The van der Waals surface area contributed by atoms with Crippen LogP contribution in [0.3, 0.4) is 0 Å². The second kappa shape index (κ2) is 18.9. The average Bonchev–Trinajstić information content (AvgIpc) is 3.20. The molecule has 0 saturated carbocycles. The molecule has 0 radical (unpaired) electrons. The average molecular weight is 1030 g/mol. The first-order valence-electron chi connectivity index (χ1n) is 17.9. The molecule has 0 aliphatic rings. The summed E-state index contributed by atoms with van der Waals surface area (Å²) in [4.78, 5) is 7.57. The predicted molar refractivity (Wildman–Crippen MR) is 236 cm³/mol. The summed E-state index contributed by atoms with van der Waals surface area (Å²) < 4.78 is 164. The van der Waals surface area contributed by atoms with Crippen LogP contribution in [0.1, 0.15) is 19.8 Å². The molecular formula is C35H30ClN9O16S5. The van der Waals surface area contributed by atoms with Gasteiger partial charge in [0.25, 0.3) is 40.5 Å². The van der Waals surface area contributed by atoms with Crippen LogP contribution in [0.15, 0.2) is 113 Å². The Labute approximate surface area is 380 Å². The van der Waals surface area contributed by atoms with Crippen molar-refractivity contribution in [2.24, 2.45) is 20.5 Å². The Kier molecular flexibility index (Phi) is 14.0. The molecule has 1 atom stereocenters. The first kappa shape index (κ1) is 49.1. The number of nitrogens with two attached hydrogens (primary N) is 1. The lowest BCUT2D eigenvalue weighted by molar-refractivity contribution is 0.285. The molecule has 1 heterocycles. The van der Waals surface area contributed by atoms with Gasteiger partial charge in [-0.1, -0.05) is 26.0 Å². The Morgan fingerprint density at radius 2 is 1.41 bits per heavy atom. The maximum absolute atomic E-state index is 12.7. The number of hydrogen-bond donors (Lipinski definition) is 7. The molecule has 66 heavy (non-hydrogen) atoms. The fourth-order valence-electron chi connectivity index (χ4n) is 5.89. The molecule has 0 fully saturated rings. The number of nitrogens with zero attached hydrogens (tertiary/aromatic N) is 7. The number of anilines is 3. The Balaban J connectivity index is 1.52. The van der Waals surface area contributed by atoms with Crippen molar-refractivity contribution in [1.29, 1.82) is 0 Å². The van der Waals surface area contributed by atoms with Crippen molar-refractivity contribution in [3.8, 4) is 17.5 Å². The molecule has 25 nitrogen and oxygen atoms in total. The Morgan fingerprint density at radius 1 is 0.773 bits per heavy atom. The van der Waals surface area contributed by atoms with Crippen molar-refractivity contribution in [1.82, 2.24) is 15.0 Å². The number of nitrogens with one attached hydrogen (secondary N) is 1. The number of ether oxygens (including phenoxy) is 1. The summed E-state index contributed by atoms with van der Waals surface area (Å²) in [6.45, 7) is 5.48. The van der Waals surface area contributed by atoms with Crippen LogP contribution in [0.5, 0.6) is 17.5 Å². The van der Waals surface area contributed by atoms with Gasteiger partial charge in [0.2, 0.25) is 22.3 Å². The molecule has 0 amide bonds. The third-order valence-electron chi connectivity index (χ3n) is 8.69. The van der Waals surface area contributed by atoms with Gasteiger partial charge in [-0.2, -0.15) is 48.6 Å². The number of aromatic hydroxyl groups is 1. The van der Waals surface area contributed by atoms with Gasteiger partial charge in [-0.05, 0) is 83.4 Å². The van der Waals surface area contributed by atoms with Crippen LogP contribution in [-0.2, 0) is 51.6 Å². The van der Waals surface area contributed by atoms with Crippen LogP contribution in [0, 0.1) is 0 Å². The topological polar surface area (TPSA) is 399 Å². The minimum atomic E-state index is -5.45. The molecule has 6 rings (SSSR count). The lowest BCUT2D eigenvalue weighted by atomic mass is 10.1. The quantitative estimate of drug-likeness (QED) is 0.0208. The number of halogens is 1. The van der Waals surface area contributed by atoms with Crippen LogP contribution < -0.4 is 20.0 Å². The van der Waals surface area contributed by atoms with Gasteiger partial charge in [-0.3, -0.25) is 18.2 Å². The van der Waals surface area contributed by atoms with Crippen LogP contribution in [0.2, 0.25) is 5.28 Å². The van der Waals surface area contributed by atoms with E-state index in [0.717, 1.165) is 42.2 Å². The van der Waals surface area contributed by atoms with Gasteiger partial charge in [-0.25, -0.2) is 4.21 Å². The van der Waals surface area contributed by atoms with Crippen molar-refractivity contribution < 1.29 is 70.1 Å². The van der Waals surface area contributed by atoms with E-state index in [1.54, 1.807) is 0 Å². The number of rotatable bonds is 17. The summed E-state index contributed by atoms with van der Waals surface area (Å²) in [5.41, 5.74) is 1.84. The maximum atomic E-state index is 12.7. The third-order valence-corrected chi connectivity index (χ3v) is 13.1. The lowest BCUT2D eigenvalue weighted by Crippen LogP contribution is -2.05. The van der Waals surface area contributed by atoms with Crippen molar-refractivity contribution in [2.45, 2.75) is 39.3 Å². The van der Waals surface area contributed by atoms with Crippen LogP contribution in [-0.4, -0.2) is 82.8 Å². The standard InChI is InChI=1S/C35H30ClN9O16S5/c1-3-5-12-60-35-40-33(36)39-34(41-35)38-19-7-11-24(63(48,49)50)23(16-19)43-44-29-25(64(51,52)53)14-18-15-26(65(54,55)56)30(31(46)27(18)28(29)37)45-42-22-10-6-17-13-20(61-62(47)4-2)8-9-21(17)32(22)66(57,58)59/h4,6-11,13-16,46H,2-3,5,12,37H2,1H3,(H,48,49,50)(H,51,52,53)(H,54,55,56)(H,57,58,59)(H,38,39,40,41). The Bertz CT molecular complexity index is 3540. The van der Waals surface area contributed by atoms with E-state index in [0.29, 0.717) is 18.6 Å². The van der Waals surface area contributed by atoms with E-state index in [1.807, 2.05) is 6.92 Å². The SMILES string of the molecule is C=CS(=O)Oc1ccc2c(S(=O)(=O)O)c(N=Nc3c(S(=O)(=O)O)cc4cc(S(=O)(=O)O)c(N=Nc5cc(Nc6nc(Cl)nc(OCCCC)n6)ccc5S(=O)(=O)O)c(N)c4c3O)ccc2c1. The van der Waals surface area contributed by atoms with Crippen molar-refractivity contribution in [3.63, 3.8) is 0 Å². The molecule has 0 aliphatic heterocycles. The molecule has 0 saturated heterocycles. The van der Waals surface area contributed by atoms with Gasteiger partial charge >= 0.3 is 6.01 Å². The number of unbranched alkanes of at least 4 members (excludes halogenated alkanes) is 1. The lowest BCUT2D eigenvalue weighted by Gasteiger charge is -2.14. The second-order valence-corrected chi connectivity index (χ2v) is 20.0.